The lowest BCUT2D eigenvalue weighted by Crippen LogP contribution is -2.13. The van der Waals surface area contributed by atoms with Crippen molar-refractivity contribution in [2.45, 2.75) is 40.2 Å². The Morgan fingerprint density at radius 1 is 1.08 bits per heavy atom. The number of aryl methyl sites for hydroxylation is 2. The number of hydrogen-bond donors (Lipinski definition) is 1. The maximum atomic E-state index is 12.0. The minimum Gasteiger partial charge on any atom is -0.493 e. The number of amides is 1. The first-order valence-electron chi connectivity index (χ1n) is 8.61. The molecule has 0 saturated carbocycles. The summed E-state index contributed by atoms with van der Waals surface area (Å²) in [6.07, 6.45) is -0.236. The van der Waals surface area contributed by atoms with Crippen LogP contribution in [0, 0.1) is 13.8 Å². The van der Waals surface area contributed by atoms with Crippen LogP contribution in [0.15, 0.2) is 42.5 Å². The highest BCUT2D eigenvalue weighted by atomic mass is 16.5. The zero-order valence-corrected chi connectivity index (χ0v) is 15.7. The van der Waals surface area contributed by atoms with Crippen molar-refractivity contribution in [1.82, 2.24) is 0 Å². The zero-order valence-electron chi connectivity index (χ0n) is 15.7. The van der Waals surface area contributed by atoms with Gasteiger partial charge in [-0.15, -0.1) is 0 Å². The Kier molecular flexibility index (Phi) is 6.78. The number of carbonyl (C=O) groups is 2. The van der Waals surface area contributed by atoms with Gasteiger partial charge >= 0.3 is 5.97 Å². The lowest BCUT2D eigenvalue weighted by Gasteiger charge is -2.15. The largest absolute Gasteiger partial charge is 0.493 e. The molecule has 2 aromatic rings. The van der Waals surface area contributed by atoms with Crippen molar-refractivity contribution < 1.29 is 19.1 Å². The third-order valence-corrected chi connectivity index (χ3v) is 3.75. The molecule has 2 aromatic carbocycles. The molecule has 0 radical (unpaired) electrons. The fraction of sp³-hybridized carbons (Fsp3) is 0.333. The van der Waals surface area contributed by atoms with E-state index in [9.17, 15) is 9.59 Å². The minimum atomic E-state index is -0.405. The van der Waals surface area contributed by atoms with Crippen LogP contribution < -0.4 is 10.1 Å². The molecule has 0 aliphatic heterocycles. The molecule has 0 aliphatic rings. The third kappa shape index (κ3) is 6.24. The van der Waals surface area contributed by atoms with Crippen LogP contribution >= 0.6 is 0 Å². The van der Waals surface area contributed by atoms with Gasteiger partial charge in [0.05, 0.1) is 13.0 Å². The Morgan fingerprint density at radius 2 is 1.77 bits per heavy atom. The van der Waals surface area contributed by atoms with Gasteiger partial charge in [-0.1, -0.05) is 18.2 Å². The van der Waals surface area contributed by atoms with Crippen molar-refractivity contribution in [2.75, 3.05) is 11.9 Å². The van der Waals surface area contributed by atoms with Crippen LogP contribution in [0.2, 0.25) is 0 Å². The molecule has 5 nitrogen and oxygen atoms in total. The first-order valence-corrected chi connectivity index (χ1v) is 8.61. The van der Waals surface area contributed by atoms with Gasteiger partial charge in [0.2, 0.25) is 5.91 Å². The van der Waals surface area contributed by atoms with E-state index in [0.29, 0.717) is 5.69 Å². The maximum Gasteiger partial charge on any atom is 0.309 e. The Balaban J connectivity index is 1.84. The number of carbonyl (C=O) groups excluding carboxylic acids is 2. The van der Waals surface area contributed by atoms with Gasteiger partial charge in [-0.2, -0.15) is 0 Å². The molecule has 1 atom stereocenters. The van der Waals surface area contributed by atoms with Crippen molar-refractivity contribution >= 4 is 17.6 Å². The number of ether oxygens (including phenoxy) is 2. The summed E-state index contributed by atoms with van der Waals surface area (Å²) in [5.74, 6) is 0.286. The van der Waals surface area contributed by atoms with Crippen LogP contribution in [0.25, 0.3) is 0 Å². The summed E-state index contributed by atoms with van der Waals surface area (Å²) in [6.45, 7) is 7.53. The zero-order chi connectivity index (χ0) is 19.1. The predicted octanol–water partition coefficient (Wildman–Crippen LogP) is 4.34. The van der Waals surface area contributed by atoms with Crippen molar-refractivity contribution in [2.24, 2.45) is 0 Å². The van der Waals surface area contributed by atoms with Crippen LogP contribution in [-0.2, 0) is 14.3 Å². The van der Waals surface area contributed by atoms with Gasteiger partial charge in [0.15, 0.2) is 0 Å². The van der Waals surface area contributed by atoms with E-state index < -0.39 is 6.10 Å². The second kappa shape index (κ2) is 9.04. The first kappa shape index (κ1) is 19.5. The van der Waals surface area contributed by atoms with E-state index in [1.165, 1.54) is 6.92 Å². The summed E-state index contributed by atoms with van der Waals surface area (Å²) in [5, 5.41) is 2.72. The summed E-state index contributed by atoms with van der Waals surface area (Å²) >= 11 is 0. The molecule has 0 saturated heterocycles. The van der Waals surface area contributed by atoms with Gasteiger partial charge in [-0.25, -0.2) is 0 Å². The highest BCUT2D eigenvalue weighted by Gasteiger charge is 2.13. The lowest BCUT2D eigenvalue weighted by atomic mass is 10.1. The molecule has 138 valence electrons. The van der Waals surface area contributed by atoms with E-state index in [2.05, 4.69) is 11.4 Å². The van der Waals surface area contributed by atoms with E-state index in [4.69, 9.17) is 9.47 Å². The van der Waals surface area contributed by atoms with E-state index in [-0.39, 0.29) is 24.9 Å². The number of benzene rings is 2. The summed E-state index contributed by atoms with van der Waals surface area (Å²) in [4.78, 5) is 23.2. The standard InChI is InChI=1S/C21H25NO4/c1-14-10-15(2)12-20(11-14)25-9-8-21(24)26-16(3)18-6-5-7-19(13-18)22-17(4)23/h5-7,10-13,16H,8-9H2,1-4H3,(H,22,23). The van der Waals surface area contributed by atoms with E-state index in [0.717, 1.165) is 22.4 Å². The molecule has 0 aliphatic carbocycles. The van der Waals surface area contributed by atoms with E-state index in [1.54, 1.807) is 19.1 Å². The summed E-state index contributed by atoms with van der Waals surface area (Å²) < 4.78 is 11.1. The molecule has 26 heavy (non-hydrogen) atoms. The minimum absolute atomic E-state index is 0.143. The van der Waals surface area contributed by atoms with Gasteiger partial charge in [0.25, 0.3) is 0 Å². The molecule has 0 heterocycles. The molecule has 0 bridgehead atoms. The molecule has 0 spiro atoms. The molecule has 2 rings (SSSR count). The van der Waals surface area contributed by atoms with E-state index >= 15 is 0 Å². The monoisotopic (exact) mass is 355 g/mol. The van der Waals surface area contributed by atoms with E-state index in [1.807, 2.05) is 38.1 Å². The fourth-order valence-electron chi connectivity index (χ4n) is 2.67. The molecule has 1 amide bonds. The normalized spacial score (nSPS) is 11.5. The highest BCUT2D eigenvalue weighted by molar-refractivity contribution is 5.88. The number of rotatable bonds is 7. The average Bonchev–Trinajstić information content (AvgIpc) is 2.53. The first-order chi connectivity index (χ1) is 12.3. The molecule has 0 fully saturated rings. The van der Waals surface area contributed by atoms with Crippen LogP contribution in [0.4, 0.5) is 5.69 Å². The second-order valence-electron chi connectivity index (χ2n) is 6.36. The molecular weight excluding hydrogens is 330 g/mol. The Hall–Kier alpha value is -2.82. The molecule has 0 aromatic heterocycles. The van der Waals surface area contributed by atoms with Crippen molar-refractivity contribution in [3.8, 4) is 5.75 Å². The Bertz CT molecular complexity index is 765. The lowest BCUT2D eigenvalue weighted by molar-refractivity contribution is -0.149. The van der Waals surface area contributed by atoms with Gasteiger partial charge < -0.3 is 14.8 Å². The van der Waals surface area contributed by atoms with Crippen molar-refractivity contribution in [3.63, 3.8) is 0 Å². The van der Waals surface area contributed by atoms with Gasteiger partial charge in [0, 0.05) is 12.6 Å². The molecular formula is C21H25NO4. The second-order valence-corrected chi connectivity index (χ2v) is 6.36. The highest BCUT2D eigenvalue weighted by Crippen LogP contribution is 2.21. The van der Waals surface area contributed by atoms with Crippen LogP contribution in [-0.4, -0.2) is 18.5 Å². The molecule has 1 unspecified atom stereocenters. The quantitative estimate of drug-likeness (QED) is 0.751. The van der Waals surface area contributed by atoms with Gasteiger partial charge in [0.1, 0.15) is 11.9 Å². The van der Waals surface area contributed by atoms with Gasteiger partial charge in [-0.3, -0.25) is 9.59 Å². The molecule has 1 N–H and O–H groups in total. The maximum absolute atomic E-state index is 12.0. The summed E-state index contributed by atoms with van der Waals surface area (Å²) in [5.41, 5.74) is 3.74. The number of anilines is 1. The predicted molar refractivity (Wildman–Crippen MR) is 101 cm³/mol. The summed E-state index contributed by atoms with van der Waals surface area (Å²) in [7, 11) is 0. The van der Waals surface area contributed by atoms with Crippen LogP contribution in [0.1, 0.15) is 43.1 Å². The SMILES string of the molecule is CC(=O)Nc1cccc(C(C)OC(=O)CCOc2cc(C)cc(C)c2)c1. The fourth-order valence-corrected chi connectivity index (χ4v) is 2.67. The van der Waals surface area contributed by atoms with Crippen LogP contribution in [0.5, 0.6) is 5.75 Å². The summed E-state index contributed by atoms with van der Waals surface area (Å²) in [6, 6.07) is 13.2. The molecule has 5 heteroatoms. The van der Waals surface area contributed by atoms with Gasteiger partial charge in [-0.05, 0) is 61.7 Å². The number of hydrogen-bond acceptors (Lipinski definition) is 4. The Morgan fingerprint density at radius 3 is 2.42 bits per heavy atom. The van der Waals surface area contributed by atoms with Crippen molar-refractivity contribution in [3.05, 3.63) is 59.2 Å². The number of esters is 1. The topological polar surface area (TPSA) is 64.6 Å². The average molecular weight is 355 g/mol. The third-order valence-electron chi connectivity index (χ3n) is 3.75. The van der Waals surface area contributed by atoms with Crippen molar-refractivity contribution in [1.29, 1.82) is 0 Å². The Labute approximate surface area is 154 Å². The van der Waals surface area contributed by atoms with Crippen LogP contribution in [0.3, 0.4) is 0 Å². The number of nitrogens with one attached hydrogen (secondary N) is 1. The smallest absolute Gasteiger partial charge is 0.309 e.